The van der Waals surface area contributed by atoms with E-state index in [1.54, 1.807) is 0 Å². The molecule has 0 atom stereocenters. The molecule has 92 valence electrons. The smallest absolute Gasteiger partial charge is 0.257 e. The van der Waals surface area contributed by atoms with E-state index in [2.05, 4.69) is 0 Å². The third-order valence-electron chi connectivity index (χ3n) is 2.72. The molecule has 3 nitrogen and oxygen atoms in total. The Kier molecular flexibility index (Phi) is 4.31. The zero-order valence-corrected chi connectivity index (χ0v) is 10.8. The first-order chi connectivity index (χ1) is 8.33. The van der Waals surface area contributed by atoms with Gasteiger partial charge in [0, 0.05) is 24.6 Å². The first kappa shape index (κ1) is 12.3. The molecule has 1 aromatic carbocycles. The number of amides is 1. The van der Waals surface area contributed by atoms with Crippen molar-refractivity contribution in [2.45, 2.75) is 6.92 Å². The summed E-state index contributed by atoms with van der Waals surface area (Å²) in [6, 6.07) is 7.48. The number of hydrogen-bond acceptors (Lipinski definition) is 3. The van der Waals surface area contributed by atoms with Crippen molar-refractivity contribution in [2.75, 3.05) is 31.2 Å². The van der Waals surface area contributed by atoms with Crippen molar-refractivity contribution in [3.8, 4) is 5.75 Å². The quantitative estimate of drug-likeness (QED) is 0.825. The lowest BCUT2D eigenvalue weighted by molar-refractivity contribution is 0.0768. The van der Waals surface area contributed by atoms with Crippen LogP contribution in [-0.4, -0.2) is 42.0 Å². The number of thioether (sulfide) groups is 1. The molecule has 0 aromatic heterocycles. The molecule has 17 heavy (non-hydrogen) atoms. The van der Waals surface area contributed by atoms with Gasteiger partial charge in [0.25, 0.3) is 5.91 Å². The molecule has 1 heterocycles. The van der Waals surface area contributed by atoms with Crippen molar-refractivity contribution in [3.05, 3.63) is 29.8 Å². The minimum absolute atomic E-state index is 0.0920. The molecule has 0 N–H and O–H groups in total. The van der Waals surface area contributed by atoms with Crippen LogP contribution in [0, 0.1) is 0 Å². The van der Waals surface area contributed by atoms with E-state index in [1.165, 1.54) is 0 Å². The molecule has 0 spiro atoms. The molecule has 1 fully saturated rings. The summed E-state index contributed by atoms with van der Waals surface area (Å²) in [6.07, 6.45) is 0. The second kappa shape index (κ2) is 5.96. The van der Waals surface area contributed by atoms with Crippen molar-refractivity contribution in [1.29, 1.82) is 0 Å². The first-order valence-corrected chi connectivity index (χ1v) is 7.07. The summed E-state index contributed by atoms with van der Waals surface area (Å²) >= 11 is 1.90. The Morgan fingerprint density at radius 2 is 2.06 bits per heavy atom. The lowest BCUT2D eigenvalue weighted by Gasteiger charge is -2.27. The van der Waals surface area contributed by atoms with Gasteiger partial charge < -0.3 is 9.64 Å². The zero-order valence-electron chi connectivity index (χ0n) is 10.0. The topological polar surface area (TPSA) is 29.5 Å². The molecule has 0 aliphatic carbocycles. The third kappa shape index (κ3) is 2.94. The monoisotopic (exact) mass is 251 g/mol. The van der Waals surface area contributed by atoms with Gasteiger partial charge in [0.15, 0.2) is 0 Å². The van der Waals surface area contributed by atoms with E-state index < -0.39 is 0 Å². The van der Waals surface area contributed by atoms with Crippen LogP contribution >= 0.6 is 11.8 Å². The van der Waals surface area contributed by atoms with E-state index in [9.17, 15) is 4.79 Å². The number of hydrogen-bond donors (Lipinski definition) is 0. The van der Waals surface area contributed by atoms with Crippen LogP contribution in [-0.2, 0) is 0 Å². The summed E-state index contributed by atoms with van der Waals surface area (Å²) in [5.74, 6) is 2.85. The number of benzene rings is 1. The molecule has 0 saturated carbocycles. The van der Waals surface area contributed by atoms with Crippen LogP contribution < -0.4 is 4.74 Å². The average molecular weight is 251 g/mol. The summed E-state index contributed by atoms with van der Waals surface area (Å²) in [6.45, 7) is 4.19. The fourth-order valence-electron chi connectivity index (χ4n) is 1.86. The van der Waals surface area contributed by atoms with E-state index in [-0.39, 0.29) is 5.91 Å². The highest BCUT2D eigenvalue weighted by atomic mass is 32.2. The second-order valence-electron chi connectivity index (χ2n) is 3.83. The molecule has 1 aromatic rings. The van der Waals surface area contributed by atoms with Gasteiger partial charge in [-0.2, -0.15) is 11.8 Å². The standard InChI is InChI=1S/C13H17NO2S/c1-2-16-12-6-4-3-5-11(12)13(15)14-7-9-17-10-8-14/h3-6H,2,7-10H2,1H3. The number of ether oxygens (including phenoxy) is 1. The minimum Gasteiger partial charge on any atom is -0.493 e. The Labute approximate surface area is 106 Å². The molecule has 1 aliphatic rings. The van der Waals surface area contributed by atoms with Gasteiger partial charge in [0.1, 0.15) is 5.75 Å². The lowest BCUT2D eigenvalue weighted by Crippen LogP contribution is -2.38. The highest BCUT2D eigenvalue weighted by molar-refractivity contribution is 7.99. The highest BCUT2D eigenvalue weighted by Gasteiger charge is 2.20. The number of rotatable bonds is 3. The van der Waals surface area contributed by atoms with Crippen LogP contribution in [0.25, 0.3) is 0 Å². The maximum atomic E-state index is 12.3. The Morgan fingerprint density at radius 1 is 1.35 bits per heavy atom. The Hall–Kier alpha value is -1.16. The summed E-state index contributed by atoms with van der Waals surface area (Å²) in [5, 5.41) is 0. The fourth-order valence-corrected chi connectivity index (χ4v) is 2.76. The summed E-state index contributed by atoms with van der Waals surface area (Å²) in [5.41, 5.74) is 0.682. The molecular weight excluding hydrogens is 234 g/mol. The lowest BCUT2D eigenvalue weighted by atomic mass is 10.1. The normalized spacial score (nSPS) is 15.7. The largest absolute Gasteiger partial charge is 0.493 e. The van der Waals surface area contributed by atoms with Gasteiger partial charge in [0.2, 0.25) is 0 Å². The predicted molar refractivity (Wildman–Crippen MR) is 70.8 cm³/mol. The maximum absolute atomic E-state index is 12.3. The van der Waals surface area contributed by atoms with Gasteiger partial charge in [-0.1, -0.05) is 12.1 Å². The first-order valence-electron chi connectivity index (χ1n) is 5.91. The highest BCUT2D eigenvalue weighted by Crippen LogP contribution is 2.21. The molecule has 1 aliphatic heterocycles. The number of nitrogens with zero attached hydrogens (tertiary/aromatic N) is 1. The van der Waals surface area contributed by atoms with Crippen molar-refractivity contribution in [2.24, 2.45) is 0 Å². The van der Waals surface area contributed by atoms with E-state index in [0.29, 0.717) is 17.9 Å². The number of carbonyl (C=O) groups excluding carboxylic acids is 1. The van der Waals surface area contributed by atoms with Crippen LogP contribution in [0.5, 0.6) is 5.75 Å². The van der Waals surface area contributed by atoms with Gasteiger partial charge in [-0.05, 0) is 19.1 Å². The molecule has 1 saturated heterocycles. The molecule has 1 amide bonds. The number of para-hydroxylation sites is 1. The van der Waals surface area contributed by atoms with Gasteiger partial charge >= 0.3 is 0 Å². The third-order valence-corrected chi connectivity index (χ3v) is 3.66. The second-order valence-corrected chi connectivity index (χ2v) is 5.06. The van der Waals surface area contributed by atoms with Gasteiger partial charge in [-0.15, -0.1) is 0 Å². The molecule has 0 radical (unpaired) electrons. The van der Waals surface area contributed by atoms with Crippen LogP contribution in [0.4, 0.5) is 0 Å². The summed E-state index contributed by atoms with van der Waals surface area (Å²) in [7, 11) is 0. The van der Waals surface area contributed by atoms with Crippen LogP contribution in [0.1, 0.15) is 17.3 Å². The molecular formula is C13H17NO2S. The van der Waals surface area contributed by atoms with E-state index in [4.69, 9.17) is 4.74 Å². The predicted octanol–water partition coefficient (Wildman–Crippen LogP) is 2.27. The molecule has 0 unspecified atom stereocenters. The van der Waals surface area contributed by atoms with Crippen LogP contribution in [0.2, 0.25) is 0 Å². The molecule has 4 heteroatoms. The Balaban J connectivity index is 2.17. The Morgan fingerprint density at radius 3 is 2.76 bits per heavy atom. The van der Waals surface area contributed by atoms with Crippen molar-refractivity contribution in [3.63, 3.8) is 0 Å². The van der Waals surface area contributed by atoms with Crippen LogP contribution in [0.15, 0.2) is 24.3 Å². The van der Waals surface area contributed by atoms with Gasteiger partial charge in [-0.3, -0.25) is 4.79 Å². The maximum Gasteiger partial charge on any atom is 0.257 e. The average Bonchev–Trinajstić information content (AvgIpc) is 2.40. The van der Waals surface area contributed by atoms with Gasteiger partial charge in [0.05, 0.1) is 12.2 Å². The summed E-state index contributed by atoms with van der Waals surface area (Å²) < 4.78 is 5.50. The van der Waals surface area contributed by atoms with Crippen LogP contribution in [0.3, 0.4) is 0 Å². The Bertz CT molecular complexity index is 389. The van der Waals surface area contributed by atoms with Crippen molar-refractivity contribution in [1.82, 2.24) is 4.90 Å². The summed E-state index contributed by atoms with van der Waals surface area (Å²) in [4.78, 5) is 14.2. The van der Waals surface area contributed by atoms with E-state index in [0.717, 1.165) is 24.6 Å². The van der Waals surface area contributed by atoms with E-state index >= 15 is 0 Å². The minimum atomic E-state index is 0.0920. The van der Waals surface area contributed by atoms with Crippen molar-refractivity contribution >= 4 is 17.7 Å². The zero-order chi connectivity index (χ0) is 12.1. The number of carbonyl (C=O) groups is 1. The van der Waals surface area contributed by atoms with Crippen molar-refractivity contribution < 1.29 is 9.53 Å². The molecule has 2 rings (SSSR count). The van der Waals surface area contributed by atoms with E-state index in [1.807, 2.05) is 47.9 Å². The SMILES string of the molecule is CCOc1ccccc1C(=O)N1CCSCC1. The fraction of sp³-hybridized carbons (Fsp3) is 0.462. The molecule has 0 bridgehead atoms. The van der Waals surface area contributed by atoms with Gasteiger partial charge in [-0.25, -0.2) is 0 Å².